The maximum absolute atomic E-state index is 11.3. The SMILES string of the molecule is CN1CCCC(O)(C2(C#N)CCc3ccccc3C2)CC1. The van der Waals surface area contributed by atoms with Gasteiger partial charge in [-0.2, -0.15) is 5.26 Å². The highest BCUT2D eigenvalue weighted by Crippen LogP contribution is 2.47. The van der Waals surface area contributed by atoms with Gasteiger partial charge in [0.2, 0.25) is 0 Å². The summed E-state index contributed by atoms with van der Waals surface area (Å²) in [6.07, 6.45) is 4.80. The number of likely N-dealkylation sites (tertiary alicyclic amines) is 1. The fourth-order valence-corrected chi connectivity index (χ4v) is 4.06. The zero-order chi connectivity index (χ0) is 14.9. The van der Waals surface area contributed by atoms with Crippen molar-refractivity contribution < 1.29 is 5.11 Å². The Balaban J connectivity index is 1.93. The molecular weight excluding hydrogens is 260 g/mol. The van der Waals surface area contributed by atoms with Crippen molar-refractivity contribution in [2.75, 3.05) is 20.1 Å². The second kappa shape index (κ2) is 5.44. The Labute approximate surface area is 127 Å². The van der Waals surface area contributed by atoms with Gasteiger partial charge in [0.15, 0.2) is 0 Å². The van der Waals surface area contributed by atoms with Gasteiger partial charge in [-0.05, 0) is 63.2 Å². The molecule has 2 unspecified atom stereocenters. The summed E-state index contributed by atoms with van der Waals surface area (Å²) in [5.74, 6) is 0. The molecule has 2 atom stereocenters. The van der Waals surface area contributed by atoms with Crippen molar-refractivity contribution >= 4 is 0 Å². The standard InChI is InChI=1S/C18H24N2O/c1-20-11-4-8-18(21,10-12-20)17(14-19)9-7-15-5-2-3-6-16(15)13-17/h2-3,5-6,21H,4,7-13H2,1H3. The molecule has 1 heterocycles. The van der Waals surface area contributed by atoms with E-state index in [0.717, 1.165) is 38.8 Å². The molecule has 1 N–H and O–H groups in total. The molecule has 3 heteroatoms. The molecule has 1 saturated heterocycles. The molecule has 1 aliphatic heterocycles. The number of aryl methyl sites for hydroxylation is 1. The number of benzene rings is 1. The van der Waals surface area contributed by atoms with Gasteiger partial charge in [0.1, 0.15) is 0 Å². The molecule has 0 saturated carbocycles. The smallest absolute Gasteiger partial charge is 0.0904 e. The Bertz CT molecular complexity index is 565. The third kappa shape index (κ3) is 2.47. The summed E-state index contributed by atoms with van der Waals surface area (Å²) in [6.45, 7) is 1.89. The molecule has 2 aliphatic rings. The lowest BCUT2D eigenvalue weighted by Gasteiger charge is -2.45. The number of rotatable bonds is 1. The van der Waals surface area contributed by atoms with Crippen LogP contribution in [0.3, 0.4) is 0 Å². The predicted molar refractivity (Wildman–Crippen MR) is 82.8 cm³/mol. The minimum absolute atomic E-state index is 0.619. The van der Waals surface area contributed by atoms with Crippen LogP contribution in [0.2, 0.25) is 0 Å². The number of hydrogen-bond acceptors (Lipinski definition) is 3. The molecule has 0 spiro atoms. The zero-order valence-electron chi connectivity index (χ0n) is 12.8. The second-order valence-electron chi connectivity index (χ2n) is 6.83. The van der Waals surface area contributed by atoms with Crippen molar-refractivity contribution in [1.82, 2.24) is 4.90 Å². The minimum atomic E-state index is -0.847. The van der Waals surface area contributed by atoms with Gasteiger partial charge in [-0.1, -0.05) is 24.3 Å². The maximum Gasteiger partial charge on any atom is 0.0904 e. The molecule has 0 amide bonds. The fourth-order valence-electron chi connectivity index (χ4n) is 4.06. The van der Waals surface area contributed by atoms with Gasteiger partial charge in [0.25, 0.3) is 0 Å². The summed E-state index contributed by atoms with van der Waals surface area (Å²) in [4.78, 5) is 2.26. The average Bonchev–Trinajstić information content (AvgIpc) is 2.69. The van der Waals surface area contributed by atoms with E-state index in [1.807, 2.05) is 6.07 Å². The molecule has 3 nitrogen and oxygen atoms in total. The molecule has 1 aromatic rings. The second-order valence-corrected chi connectivity index (χ2v) is 6.83. The van der Waals surface area contributed by atoms with Gasteiger partial charge in [-0.25, -0.2) is 0 Å². The normalized spacial score (nSPS) is 33.8. The average molecular weight is 284 g/mol. The van der Waals surface area contributed by atoms with E-state index in [1.54, 1.807) is 0 Å². The van der Waals surface area contributed by atoms with Gasteiger partial charge in [-0.15, -0.1) is 0 Å². The van der Waals surface area contributed by atoms with Gasteiger partial charge >= 0.3 is 0 Å². The quantitative estimate of drug-likeness (QED) is 0.862. The molecule has 1 fully saturated rings. The number of fused-ring (bicyclic) bond motifs is 1. The monoisotopic (exact) mass is 284 g/mol. The first-order valence-electron chi connectivity index (χ1n) is 7.98. The molecule has 0 bridgehead atoms. The van der Waals surface area contributed by atoms with Crippen LogP contribution in [-0.4, -0.2) is 35.7 Å². The molecule has 3 rings (SSSR count). The highest BCUT2D eigenvalue weighted by Gasteiger charge is 2.52. The van der Waals surface area contributed by atoms with E-state index in [-0.39, 0.29) is 0 Å². The van der Waals surface area contributed by atoms with E-state index in [2.05, 4.69) is 36.2 Å². The van der Waals surface area contributed by atoms with Crippen molar-refractivity contribution in [3.8, 4) is 6.07 Å². The summed E-state index contributed by atoms with van der Waals surface area (Å²) in [5.41, 5.74) is 1.13. The van der Waals surface area contributed by atoms with Crippen LogP contribution in [0.25, 0.3) is 0 Å². The highest BCUT2D eigenvalue weighted by atomic mass is 16.3. The van der Waals surface area contributed by atoms with Crippen molar-refractivity contribution in [2.45, 2.75) is 44.1 Å². The van der Waals surface area contributed by atoms with Crippen LogP contribution in [0.15, 0.2) is 24.3 Å². The van der Waals surface area contributed by atoms with Crippen LogP contribution in [-0.2, 0) is 12.8 Å². The Kier molecular flexibility index (Phi) is 3.77. The molecule has 0 radical (unpaired) electrons. The summed E-state index contributed by atoms with van der Waals surface area (Å²) in [5, 5.41) is 21.2. The number of nitrogens with zero attached hydrogens (tertiary/aromatic N) is 2. The third-order valence-electron chi connectivity index (χ3n) is 5.57. The third-order valence-corrected chi connectivity index (χ3v) is 5.57. The number of aliphatic hydroxyl groups is 1. The summed E-state index contributed by atoms with van der Waals surface area (Å²) in [6, 6.07) is 10.9. The first-order valence-corrected chi connectivity index (χ1v) is 7.98. The van der Waals surface area contributed by atoms with Gasteiger partial charge in [0.05, 0.1) is 17.1 Å². The zero-order valence-corrected chi connectivity index (χ0v) is 12.8. The van der Waals surface area contributed by atoms with E-state index in [9.17, 15) is 10.4 Å². The van der Waals surface area contributed by atoms with Gasteiger partial charge < -0.3 is 10.0 Å². The first-order chi connectivity index (χ1) is 10.1. The van der Waals surface area contributed by atoms with Crippen LogP contribution in [0, 0.1) is 16.7 Å². The van der Waals surface area contributed by atoms with Crippen LogP contribution in [0.4, 0.5) is 0 Å². The predicted octanol–water partition coefficient (Wildman–Crippen LogP) is 2.53. The Hall–Kier alpha value is -1.37. The van der Waals surface area contributed by atoms with Crippen LogP contribution >= 0.6 is 0 Å². The van der Waals surface area contributed by atoms with E-state index < -0.39 is 11.0 Å². The van der Waals surface area contributed by atoms with E-state index >= 15 is 0 Å². The van der Waals surface area contributed by atoms with Crippen molar-refractivity contribution in [1.29, 1.82) is 5.26 Å². The molecule has 112 valence electrons. The molecular formula is C18H24N2O. The molecule has 1 aliphatic carbocycles. The molecule has 21 heavy (non-hydrogen) atoms. The summed E-state index contributed by atoms with van der Waals surface area (Å²) < 4.78 is 0. The number of nitriles is 1. The number of hydrogen-bond donors (Lipinski definition) is 1. The van der Waals surface area contributed by atoms with Crippen molar-refractivity contribution in [3.05, 3.63) is 35.4 Å². The highest BCUT2D eigenvalue weighted by molar-refractivity contribution is 5.34. The lowest BCUT2D eigenvalue weighted by molar-refractivity contribution is -0.0727. The Morgan fingerprint density at radius 1 is 1.14 bits per heavy atom. The summed E-state index contributed by atoms with van der Waals surface area (Å²) >= 11 is 0. The van der Waals surface area contributed by atoms with Gasteiger partial charge in [0, 0.05) is 6.54 Å². The molecule has 1 aromatic carbocycles. The van der Waals surface area contributed by atoms with E-state index in [0.29, 0.717) is 12.8 Å². The van der Waals surface area contributed by atoms with Crippen LogP contribution in [0.5, 0.6) is 0 Å². The first kappa shape index (κ1) is 14.6. The van der Waals surface area contributed by atoms with E-state index in [1.165, 1.54) is 11.1 Å². The van der Waals surface area contributed by atoms with Crippen molar-refractivity contribution in [3.63, 3.8) is 0 Å². The Morgan fingerprint density at radius 2 is 1.90 bits per heavy atom. The molecule has 0 aromatic heterocycles. The van der Waals surface area contributed by atoms with Crippen LogP contribution in [0.1, 0.15) is 36.8 Å². The Morgan fingerprint density at radius 3 is 2.67 bits per heavy atom. The summed E-state index contributed by atoms with van der Waals surface area (Å²) in [7, 11) is 2.10. The van der Waals surface area contributed by atoms with E-state index in [4.69, 9.17) is 0 Å². The lowest BCUT2D eigenvalue weighted by atomic mass is 9.60. The topological polar surface area (TPSA) is 47.3 Å². The largest absolute Gasteiger partial charge is 0.388 e. The fraction of sp³-hybridized carbons (Fsp3) is 0.611. The van der Waals surface area contributed by atoms with Crippen molar-refractivity contribution in [2.24, 2.45) is 5.41 Å². The maximum atomic E-state index is 11.3. The minimum Gasteiger partial charge on any atom is -0.388 e. The lowest BCUT2D eigenvalue weighted by Crippen LogP contribution is -2.51. The van der Waals surface area contributed by atoms with Crippen LogP contribution < -0.4 is 0 Å². The van der Waals surface area contributed by atoms with Gasteiger partial charge in [-0.3, -0.25) is 0 Å².